The van der Waals surface area contributed by atoms with Gasteiger partial charge in [0.05, 0.1) is 12.3 Å². The quantitative estimate of drug-likeness (QED) is 0.595. The molecular weight excluding hydrogens is 381 g/mol. The van der Waals surface area contributed by atoms with Crippen molar-refractivity contribution in [3.63, 3.8) is 0 Å². The first-order valence-electron chi connectivity index (χ1n) is 8.83. The molecule has 0 radical (unpaired) electrons. The van der Waals surface area contributed by atoms with Gasteiger partial charge in [0.1, 0.15) is 16.4 Å². The van der Waals surface area contributed by atoms with Gasteiger partial charge in [-0.2, -0.15) is 0 Å². The fraction of sp³-hybridized carbons (Fsp3) is 0.238. The Morgan fingerprint density at radius 3 is 2.64 bits per heavy atom. The van der Waals surface area contributed by atoms with Gasteiger partial charge in [0, 0.05) is 10.1 Å². The molecule has 146 valence electrons. The molecule has 0 aliphatic carbocycles. The number of carbonyl (C=O) groups is 2. The molecule has 0 saturated carbocycles. The van der Waals surface area contributed by atoms with Gasteiger partial charge in [0.25, 0.3) is 5.91 Å². The van der Waals surface area contributed by atoms with Crippen molar-refractivity contribution in [2.24, 2.45) is 0 Å². The Morgan fingerprint density at radius 1 is 1.18 bits per heavy atom. The van der Waals surface area contributed by atoms with E-state index < -0.39 is 18.0 Å². The number of anilines is 1. The van der Waals surface area contributed by atoms with Crippen LogP contribution < -0.4 is 10.1 Å². The van der Waals surface area contributed by atoms with Crippen molar-refractivity contribution < 1.29 is 23.5 Å². The highest BCUT2D eigenvalue weighted by atomic mass is 32.1. The molecule has 0 saturated heterocycles. The molecule has 1 N–H and O–H groups in total. The third-order valence-electron chi connectivity index (χ3n) is 4.19. The number of thiophene rings is 1. The fourth-order valence-electron chi connectivity index (χ4n) is 2.80. The molecule has 0 unspecified atom stereocenters. The number of nitrogens with one attached hydrogen (secondary N) is 1. The molecule has 0 bridgehead atoms. The number of halogens is 1. The van der Waals surface area contributed by atoms with E-state index in [9.17, 15) is 14.0 Å². The predicted molar refractivity (Wildman–Crippen MR) is 108 cm³/mol. The Kier molecular flexibility index (Phi) is 5.94. The number of aryl methyl sites for hydroxylation is 1. The zero-order valence-electron chi connectivity index (χ0n) is 15.7. The second kappa shape index (κ2) is 8.39. The average molecular weight is 401 g/mol. The minimum atomic E-state index is -1.03. The topological polar surface area (TPSA) is 64.6 Å². The van der Waals surface area contributed by atoms with E-state index in [-0.39, 0.29) is 10.7 Å². The Bertz CT molecular complexity index is 1030. The Labute approximate surface area is 166 Å². The van der Waals surface area contributed by atoms with Crippen molar-refractivity contribution in [3.8, 4) is 5.75 Å². The van der Waals surface area contributed by atoms with E-state index in [0.29, 0.717) is 33.7 Å². The molecule has 28 heavy (non-hydrogen) atoms. The number of para-hydroxylation sites is 2. The third kappa shape index (κ3) is 3.99. The molecule has 1 atom stereocenters. The molecule has 3 rings (SSSR count). The number of benzene rings is 2. The zero-order valence-corrected chi connectivity index (χ0v) is 16.6. The van der Waals surface area contributed by atoms with Crippen LogP contribution in [0.4, 0.5) is 10.1 Å². The van der Waals surface area contributed by atoms with Crippen LogP contribution in [-0.2, 0) is 9.53 Å². The molecule has 1 amide bonds. The van der Waals surface area contributed by atoms with Gasteiger partial charge < -0.3 is 14.8 Å². The first kappa shape index (κ1) is 19.8. The molecule has 0 spiro atoms. The van der Waals surface area contributed by atoms with Crippen LogP contribution in [0.1, 0.15) is 29.1 Å². The molecule has 0 aliphatic heterocycles. The summed E-state index contributed by atoms with van der Waals surface area (Å²) in [6, 6.07) is 11.7. The van der Waals surface area contributed by atoms with Crippen molar-refractivity contribution in [2.45, 2.75) is 26.9 Å². The van der Waals surface area contributed by atoms with Gasteiger partial charge in [-0.05, 0) is 50.6 Å². The van der Waals surface area contributed by atoms with E-state index in [0.717, 1.165) is 11.3 Å². The summed E-state index contributed by atoms with van der Waals surface area (Å²) in [7, 11) is 0. The summed E-state index contributed by atoms with van der Waals surface area (Å²) in [5.74, 6) is -0.986. The largest absolute Gasteiger partial charge is 0.492 e. The van der Waals surface area contributed by atoms with Crippen molar-refractivity contribution in [2.75, 3.05) is 11.9 Å². The lowest BCUT2D eigenvalue weighted by Crippen LogP contribution is -2.30. The summed E-state index contributed by atoms with van der Waals surface area (Å²) in [5, 5.41) is 3.11. The van der Waals surface area contributed by atoms with Crippen LogP contribution >= 0.6 is 11.3 Å². The highest BCUT2D eigenvalue weighted by molar-refractivity contribution is 7.21. The average Bonchev–Trinajstić information content (AvgIpc) is 3.01. The molecule has 3 aromatic rings. The summed E-state index contributed by atoms with van der Waals surface area (Å²) in [5.41, 5.74) is 1.01. The lowest BCUT2D eigenvalue weighted by Gasteiger charge is -2.15. The number of hydrogen-bond acceptors (Lipinski definition) is 5. The molecule has 5 nitrogen and oxygen atoms in total. The van der Waals surface area contributed by atoms with Crippen LogP contribution in [0.15, 0.2) is 42.5 Å². The van der Waals surface area contributed by atoms with Crippen molar-refractivity contribution in [1.82, 2.24) is 0 Å². The first-order valence-corrected chi connectivity index (χ1v) is 9.65. The number of ether oxygens (including phenoxy) is 2. The highest BCUT2D eigenvalue weighted by Gasteiger charge is 2.24. The van der Waals surface area contributed by atoms with Crippen LogP contribution in [-0.4, -0.2) is 24.6 Å². The van der Waals surface area contributed by atoms with Gasteiger partial charge in [-0.3, -0.25) is 4.79 Å². The van der Waals surface area contributed by atoms with Gasteiger partial charge in [0.15, 0.2) is 6.10 Å². The summed E-state index contributed by atoms with van der Waals surface area (Å²) in [6.07, 6.45) is -1.03. The van der Waals surface area contributed by atoms with Gasteiger partial charge in [0.2, 0.25) is 0 Å². The van der Waals surface area contributed by atoms with Crippen molar-refractivity contribution >= 4 is 39.0 Å². The molecular formula is C21H20FNO4S. The van der Waals surface area contributed by atoms with Gasteiger partial charge in [-0.15, -0.1) is 11.3 Å². The second-order valence-corrected chi connectivity index (χ2v) is 7.19. The molecule has 2 aromatic carbocycles. The van der Waals surface area contributed by atoms with Gasteiger partial charge in [-0.25, -0.2) is 9.18 Å². The fourth-order valence-corrected chi connectivity index (χ4v) is 3.91. The van der Waals surface area contributed by atoms with Crippen LogP contribution in [0.25, 0.3) is 10.1 Å². The normalized spacial score (nSPS) is 11.9. The van der Waals surface area contributed by atoms with Gasteiger partial charge >= 0.3 is 5.97 Å². The predicted octanol–water partition coefficient (Wildman–Crippen LogP) is 4.93. The van der Waals surface area contributed by atoms with E-state index in [1.54, 1.807) is 43.3 Å². The SMILES string of the molecule is CCOc1ccccc1NC(=O)[C@H](C)OC(=O)c1sc2cccc(F)c2c1C. The standard InChI is InChI=1S/C21H20FNO4S/c1-4-26-16-10-6-5-9-15(16)23-20(24)13(3)27-21(25)19-12(2)18-14(22)8-7-11-17(18)28-19/h5-11,13H,4H2,1-3H3,(H,23,24)/t13-/m0/s1. The summed E-state index contributed by atoms with van der Waals surface area (Å²) >= 11 is 1.15. The maximum absolute atomic E-state index is 14.0. The number of fused-ring (bicyclic) bond motifs is 1. The Balaban J connectivity index is 1.73. The molecule has 1 heterocycles. The summed E-state index contributed by atoms with van der Waals surface area (Å²) in [4.78, 5) is 25.3. The van der Waals surface area contributed by atoms with Crippen LogP contribution in [0.5, 0.6) is 5.75 Å². The van der Waals surface area contributed by atoms with E-state index >= 15 is 0 Å². The zero-order chi connectivity index (χ0) is 20.3. The van der Waals surface area contributed by atoms with E-state index in [4.69, 9.17) is 9.47 Å². The van der Waals surface area contributed by atoms with Crippen LogP contribution in [0.2, 0.25) is 0 Å². The monoisotopic (exact) mass is 401 g/mol. The number of esters is 1. The Morgan fingerprint density at radius 2 is 1.93 bits per heavy atom. The number of rotatable bonds is 6. The van der Waals surface area contributed by atoms with Gasteiger partial charge in [-0.1, -0.05) is 18.2 Å². The van der Waals surface area contributed by atoms with Crippen LogP contribution in [0, 0.1) is 12.7 Å². The molecule has 0 aliphatic rings. The number of hydrogen-bond donors (Lipinski definition) is 1. The summed E-state index contributed by atoms with van der Waals surface area (Å²) < 4.78 is 25.5. The van der Waals surface area contributed by atoms with E-state index in [2.05, 4.69) is 5.32 Å². The molecule has 7 heteroatoms. The van der Waals surface area contributed by atoms with Crippen LogP contribution in [0.3, 0.4) is 0 Å². The Hall–Kier alpha value is -2.93. The minimum Gasteiger partial charge on any atom is -0.492 e. The number of amides is 1. The maximum Gasteiger partial charge on any atom is 0.349 e. The lowest BCUT2D eigenvalue weighted by atomic mass is 10.1. The van der Waals surface area contributed by atoms with E-state index in [1.165, 1.54) is 13.0 Å². The van der Waals surface area contributed by atoms with Crippen molar-refractivity contribution in [1.29, 1.82) is 0 Å². The third-order valence-corrected chi connectivity index (χ3v) is 5.42. The highest BCUT2D eigenvalue weighted by Crippen LogP contribution is 2.33. The first-order chi connectivity index (χ1) is 13.4. The minimum absolute atomic E-state index is 0.287. The van der Waals surface area contributed by atoms with Crippen molar-refractivity contribution in [3.05, 3.63) is 58.7 Å². The molecule has 0 fully saturated rings. The maximum atomic E-state index is 14.0. The second-order valence-electron chi connectivity index (χ2n) is 6.14. The summed E-state index contributed by atoms with van der Waals surface area (Å²) in [6.45, 7) is 5.46. The molecule has 1 aromatic heterocycles. The number of carbonyl (C=O) groups excluding carboxylic acids is 2. The lowest BCUT2D eigenvalue weighted by molar-refractivity contribution is -0.123. The van der Waals surface area contributed by atoms with E-state index in [1.807, 2.05) is 6.92 Å². The smallest absolute Gasteiger partial charge is 0.349 e.